The average molecular weight is 705 g/mol. The highest BCUT2D eigenvalue weighted by atomic mass is 28.4. The third-order valence-electron chi connectivity index (χ3n) is 9.47. The molecular formula is C40H72O6Si2. The molecule has 0 amide bonds. The molecule has 2 atom stereocenters. The van der Waals surface area contributed by atoms with Crippen LogP contribution in [0.3, 0.4) is 0 Å². The quantitative estimate of drug-likeness (QED) is 0.0668. The fourth-order valence-electron chi connectivity index (χ4n) is 4.63. The molecule has 8 heteroatoms. The zero-order valence-electron chi connectivity index (χ0n) is 33.0. The van der Waals surface area contributed by atoms with Crippen LogP contribution in [0.1, 0.15) is 144 Å². The molecule has 0 heterocycles. The molecule has 0 bridgehead atoms. The van der Waals surface area contributed by atoms with Gasteiger partial charge in [0.05, 0.1) is 0 Å². The molecule has 48 heavy (non-hydrogen) atoms. The second-order valence-electron chi connectivity index (χ2n) is 16.1. The van der Waals surface area contributed by atoms with Crippen LogP contribution in [-0.2, 0) is 23.2 Å². The number of esters is 2. The predicted octanol–water partition coefficient (Wildman–Crippen LogP) is 11.7. The van der Waals surface area contributed by atoms with Crippen LogP contribution in [0.2, 0.25) is 36.3 Å². The first-order valence-electron chi connectivity index (χ1n) is 18.3. The fraction of sp³-hybridized carbons (Fsp3) is 0.700. The highest BCUT2D eigenvalue weighted by molar-refractivity contribution is 6.87. The van der Waals surface area contributed by atoms with Crippen molar-refractivity contribution in [2.75, 3.05) is 6.61 Å². The minimum Gasteiger partial charge on any atom is -0.458 e. The van der Waals surface area contributed by atoms with Crippen molar-refractivity contribution in [2.45, 2.75) is 175 Å². The van der Waals surface area contributed by atoms with Crippen LogP contribution in [0, 0.1) is 0 Å². The Hall–Kier alpha value is -2.01. The van der Waals surface area contributed by atoms with E-state index in [1.54, 1.807) is 0 Å². The summed E-state index contributed by atoms with van der Waals surface area (Å²) in [6.07, 6.45) is 17.5. The molecule has 1 aromatic rings. The first-order valence-corrected chi connectivity index (χ1v) is 24.1. The van der Waals surface area contributed by atoms with Crippen LogP contribution in [-0.4, -0.2) is 46.4 Å². The largest absolute Gasteiger partial charge is 0.458 e. The summed E-state index contributed by atoms with van der Waals surface area (Å²) >= 11 is 0. The van der Waals surface area contributed by atoms with Gasteiger partial charge in [-0.25, -0.2) is 0 Å². The van der Waals surface area contributed by atoms with Gasteiger partial charge in [-0.2, -0.15) is 0 Å². The highest BCUT2D eigenvalue weighted by Gasteiger charge is 2.46. The summed E-state index contributed by atoms with van der Waals surface area (Å²) < 4.78 is 17.6. The Morgan fingerprint density at radius 1 is 0.771 bits per heavy atom. The summed E-state index contributed by atoms with van der Waals surface area (Å²) in [5.41, 5.74) is 1.94. The van der Waals surface area contributed by atoms with E-state index in [0.717, 1.165) is 36.8 Å². The lowest BCUT2D eigenvalue weighted by Gasteiger charge is -2.47. The summed E-state index contributed by atoms with van der Waals surface area (Å²) in [7, 11) is -3.18. The van der Waals surface area contributed by atoms with Gasteiger partial charge in [0.15, 0.2) is 16.6 Å². The third-order valence-corrected chi connectivity index (χ3v) is 20.8. The van der Waals surface area contributed by atoms with Crippen LogP contribution in [0.5, 0.6) is 0 Å². The van der Waals surface area contributed by atoms with E-state index in [1.165, 1.54) is 39.5 Å². The first-order chi connectivity index (χ1) is 22.2. The van der Waals surface area contributed by atoms with Crippen molar-refractivity contribution in [1.82, 2.24) is 0 Å². The fourth-order valence-corrected chi connectivity index (χ4v) is 12.2. The maximum Gasteiger partial charge on any atom is 0.303 e. The number of unbranched alkanes of at least 4 members (excludes halogenated alkanes) is 6. The molecule has 2 unspecified atom stereocenters. The van der Waals surface area contributed by atoms with Crippen molar-refractivity contribution in [3.8, 4) is 0 Å². The van der Waals surface area contributed by atoms with E-state index in [-0.39, 0.29) is 30.8 Å². The Morgan fingerprint density at radius 2 is 1.31 bits per heavy atom. The minimum atomic E-state index is -1.59. The Balaban J connectivity index is 0.00000123. The average Bonchev–Trinajstić information content (AvgIpc) is 2.95. The van der Waals surface area contributed by atoms with Gasteiger partial charge in [0, 0.05) is 20.5 Å². The number of carbonyl (C=O) groups is 2. The van der Waals surface area contributed by atoms with E-state index in [2.05, 4.69) is 74.7 Å². The SMILES string of the molecule is CC(C)(C)[Si](C)(C)O[Si](C)(C)C(C)(C)C.CCCCCCCCC(/C=C/C=C/c1cccc(C(CCCCO)OC(C)=O)c1)OC(C)=O. The first kappa shape index (κ1) is 46.0. The topological polar surface area (TPSA) is 82.1 Å². The summed E-state index contributed by atoms with van der Waals surface area (Å²) in [5, 5.41) is 9.67. The van der Waals surface area contributed by atoms with Gasteiger partial charge in [-0.3, -0.25) is 9.59 Å². The molecule has 0 fully saturated rings. The van der Waals surface area contributed by atoms with E-state index in [9.17, 15) is 9.59 Å². The normalized spacial score (nSPS) is 14.0. The van der Waals surface area contributed by atoms with Crippen molar-refractivity contribution in [1.29, 1.82) is 0 Å². The zero-order valence-corrected chi connectivity index (χ0v) is 35.0. The highest BCUT2D eigenvalue weighted by Crippen LogP contribution is 2.44. The van der Waals surface area contributed by atoms with Crippen molar-refractivity contribution in [2.24, 2.45) is 0 Å². The van der Waals surface area contributed by atoms with Gasteiger partial charge in [-0.15, -0.1) is 0 Å². The number of ether oxygens (including phenoxy) is 2. The van der Waals surface area contributed by atoms with Crippen LogP contribution >= 0.6 is 0 Å². The third kappa shape index (κ3) is 19.9. The molecule has 1 rings (SSSR count). The lowest BCUT2D eigenvalue weighted by atomic mass is 10.0. The number of aliphatic hydroxyl groups excluding tert-OH is 1. The zero-order chi connectivity index (χ0) is 37.0. The van der Waals surface area contributed by atoms with Gasteiger partial charge >= 0.3 is 11.9 Å². The second-order valence-corrected chi connectivity index (χ2v) is 25.9. The number of allylic oxidation sites excluding steroid dienone is 2. The Labute approximate surface area is 297 Å². The smallest absolute Gasteiger partial charge is 0.303 e. The molecule has 1 N–H and O–H groups in total. The molecule has 6 nitrogen and oxygen atoms in total. The lowest BCUT2D eigenvalue weighted by molar-refractivity contribution is -0.147. The summed E-state index contributed by atoms with van der Waals surface area (Å²) in [5.74, 6) is -0.570. The minimum absolute atomic E-state index is 0.134. The monoisotopic (exact) mass is 704 g/mol. The number of rotatable bonds is 19. The molecule has 0 aliphatic carbocycles. The number of aliphatic hydroxyl groups is 1. The lowest BCUT2D eigenvalue weighted by Crippen LogP contribution is -2.53. The molecule has 276 valence electrons. The molecule has 0 aliphatic heterocycles. The van der Waals surface area contributed by atoms with Gasteiger partial charge in [0.1, 0.15) is 12.2 Å². The number of hydrogen-bond acceptors (Lipinski definition) is 6. The van der Waals surface area contributed by atoms with Crippen LogP contribution < -0.4 is 0 Å². The number of hydrogen-bond donors (Lipinski definition) is 1. The van der Waals surface area contributed by atoms with Gasteiger partial charge in [-0.05, 0) is 91.6 Å². The van der Waals surface area contributed by atoms with E-state index >= 15 is 0 Å². The van der Waals surface area contributed by atoms with E-state index in [0.29, 0.717) is 22.9 Å². The number of carbonyl (C=O) groups excluding carboxylic acids is 2. The van der Waals surface area contributed by atoms with Crippen molar-refractivity contribution in [3.05, 3.63) is 53.6 Å². The molecule has 0 aliphatic rings. The van der Waals surface area contributed by atoms with Gasteiger partial charge in [-0.1, -0.05) is 117 Å². The van der Waals surface area contributed by atoms with Gasteiger partial charge in [0.2, 0.25) is 0 Å². The molecular weight excluding hydrogens is 633 g/mol. The molecule has 0 saturated heterocycles. The molecule has 0 radical (unpaired) electrons. The Bertz CT molecular complexity index is 1090. The van der Waals surface area contributed by atoms with Crippen molar-refractivity contribution >= 4 is 34.6 Å². The molecule has 1 aromatic carbocycles. The Kier molecular flexibility index (Phi) is 21.7. The van der Waals surface area contributed by atoms with Crippen LogP contribution in [0.4, 0.5) is 0 Å². The van der Waals surface area contributed by atoms with Gasteiger partial charge < -0.3 is 18.7 Å². The molecule has 0 saturated carbocycles. The number of benzene rings is 1. The van der Waals surface area contributed by atoms with Crippen molar-refractivity contribution in [3.63, 3.8) is 0 Å². The molecule has 0 spiro atoms. The van der Waals surface area contributed by atoms with Crippen LogP contribution in [0.15, 0.2) is 42.5 Å². The Morgan fingerprint density at radius 3 is 1.83 bits per heavy atom. The molecule has 0 aromatic heterocycles. The van der Waals surface area contributed by atoms with E-state index < -0.39 is 16.6 Å². The summed E-state index contributed by atoms with van der Waals surface area (Å²) in [6, 6.07) is 7.90. The van der Waals surface area contributed by atoms with Crippen LogP contribution in [0.25, 0.3) is 6.08 Å². The standard InChI is InChI=1S/C28H42O5.C12H30OSi2/c1-4-5-6-7-8-9-18-27(32-23(2)30)19-11-10-15-25-16-14-17-26(22-25)28(33-24(3)31)20-12-13-21-29;1-11(2,3)14(7,8)13-15(9,10)12(4,5)6/h10-11,14-17,19,22,27-29H,4-9,12-13,18,20-21H2,1-3H3;1-10H3/b15-10+,19-11+;. The second kappa shape index (κ2) is 22.7. The van der Waals surface area contributed by atoms with E-state index in [4.69, 9.17) is 18.7 Å². The maximum absolute atomic E-state index is 11.5. The predicted molar refractivity (Wildman–Crippen MR) is 209 cm³/mol. The van der Waals surface area contributed by atoms with E-state index in [1.807, 2.05) is 48.6 Å². The summed E-state index contributed by atoms with van der Waals surface area (Å²) in [4.78, 5) is 22.9. The van der Waals surface area contributed by atoms with Crippen molar-refractivity contribution < 1.29 is 28.3 Å². The maximum atomic E-state index is 11.5. The van der Waals surface area contributed by atoms with Gasteiger partial charge in [0.25, 0.3) is 0 Å². The summed E-state index contributed by atoms with van der Waals surface area (Å²) in [6.45, 7) is 28.5.